The second kappa shape index (κ2) is 21.3. The highest BCUT2D eigenvalue weighted by molar-refractivity contribution is 5.87. The average Bonchev–Trinajstić information content (AvgIpc) is 3.06. The number of phenolic OH excluding ortho intramolecular Hbond substituents is 1. The molecule has 0 aliphatic rings. The molecule has 1 atom stereocenters. The zero-order valence-electron chi connectivity index (χ0n) is 25.5. The summed E-state index contributed by atoms with van der Waals surface area (Å²) in [6.45, 7) is 4.77. The summed E-state index contributed by atoms with van der Waals surface area (Å²) in [5.41, 5.74) is 2.54. The number of hydrogen-bond acceptors (Lipinski definition) is 9. The van der Waals surface area contributed by atoms with Gasteiger partial charge in [0.2, 0.25) is 5.91 Å². The number of benzene rings is 3. The van der Waals surface area contributed by atoms with Gasteiger partial charge in [0, 0.05) is 26.1 Å². The topological polar surface area (TPSA) is 167 Å². The quantitative estimate of drug-likeness (QED) is 0.0773. The minimum Gasteiger partial charge on any atom is -0.508 e. The van der Waals surface area contributed by atoms with Crippen molar-refractivity contribution in [2.45, 2.75) is 57.8 Å². The fourth-order valence-corrected chi connectivity index (χ4v) is 4.40. The number of nitrogens with one attached hydrogen (secondary N) is 2. The molecule has 0 fully saturated rings. The van der Waals surface area contributed by atoms with Crippen LogP contribution in [-0.4, -0.2) is 71.2 Å². The van der Waals surface area contributed by atoms with Crippen molar-refractivity contribution >= 4 is 18.7 Å². The number of rotatable bonds is 18. The van der Waals surface area contributed by atoms with Crippen LogP contribution in [-0.2, 0) is 38.9 Å². The van der Waals surface area contributed by atoms with E-state index in [1.165, 1.54) is 0 Å². The molecular weight excluding hydrogens is 582 g/mol. The molecule has 0 saturated carbocycles. The molecule has 3 rings (SSSR count). The number of amides is 3. The van der Waals surface area contributed by atoms with Gasteiger partial charge < -0.3 is 30.2 Å². The van der Waals surface area contributed by atoms with Crippen molar-refractivity contribution in [3.63, 3.8) is 0 Å². The molecule has 0 aliphatic heterocycles. The lowest BCUT2D eigenvalue weighted by atomic mass is 10.0. The largest absolute Gasteiger partial charge is 0.508 e. The van der Waals surface area contributed by atoms with E-state index >= 15 is 0 Å². The molecule has 5 N–H and O–H groups in total. The van der Waals surface area contributed by atoms with Crippen LogP contribution in [0.3, 0.4) is 0 Å². The zero-order chi connectivity index (χ0) is 32.9. The molecule has 244 valence electrons. The van der Waals surface area contributed by atoms with Gasteiger partial charge in [0.15, 0.2) is 6.10 Å². The predicted molar refractivity (Wildman–Crippen MR) is 167 cm³/mol. The Labute approximate surface area is 263 Å². The number of ether oxygens (including phenoxy) is 1. The summed E-state index contributed by atoms with van der Waals surface area (Å²) >= 11 is 0. The molecule has 3 amide bonds. The number of hydrogen-bond donors (Lipinski definition) is 5. The number of carbonyl (C=O) groups is 3. The van der Waals surface area contributed by atoms with Gasteiger partial charge in [0.1, 0.15) is 37.5 Å². The molecule has 0 heterocycles. The SMILES string of the molecule is C=O.CCCCCNC(=O)C(Cc1ccc(OC(COO)COO)cc1)NC(=O)N(Cc1ccccc1)Cc1ccc(O)cc1. The van der Waals surface area contributed by atoms with Crippen molar-refractivity contribution in [1.29, 1.82) is 0 Å². The number of carbonyl (C=O) groups excluding carboxylic acids is 3. The number of unbranched alkanes of at least 4 members (excludes halogenated alkanes) is 2. The maximum absolute atomic E-state index is 13.7. The number of urea groups is 1. The van der Waals surface area contributed by atoms with E-state index in [0.717, 1.165) is 36.0 Å². The Morgan fingerprint density at radius 2 is 1.40 bits per heavy atom. The van der Waals surface area contributed by atoms with Crippen molar-refractivity contribution in [3.05, 3.63) is 95.6 Å². The molecule has 0 bridgehead atoms. The standard InChI is InChI=1S/C32H41N3O8.CH2O/c1-2-3-7-18-33-31(37)30(19-24-12-16-28(17-13-24)43-29(22-41-39)23-42-40)34-32(38)35(20-25-8-5-4-6-9-25)21-26-10-14-27(36)15-11-26;1-2/h4-6,8-17,29-30,36,39-40H,2-3,7,18-23H2,1H3,(H,33,37)(H,34,38);1H2. The van der Waals surface area contributed by atoms with Crippen LogP contribution in [0.2, 0.25) is 0 Å². The monoisotopic (exact) mass is 625 g/mol. The molecule has 0 spiro atoms. The van der Waals surface area contributed by atoms with Crippen LogP contribution in [0.15, 0.2) is 78.9 Å². The molecule has 0 aromatic heterocycles. The van der Waals surface area contributed by atoms with Gasteiger partial charge in [-0.15, -0.1) is 0 Å². The third-order valence-corrected chi connectivity index (χ3v) is 6.69. The van der Waals surface area contributed by atoms with E-state index in [4.69, 9.17) is 20.0 Å². The Morgan fingerprint density at radius 1 is 0.822 bits per heavy atom. The molecule has 3 aromatic carbocycles. The van der Waals surface area contributed by atoms with Crippen LogP contribution in [0.25, 0.3) is 0 Å². The van der Waals surface area contributed by atoms with Crippen LogP contribution in [0.5, 0.6) is 11.5 Å². The molecule has 12 nitrogen and oxygen atoms in total. The Bertz CT molecular complexity index is 1240. The second-order valence-corrected chi connectivity index (χ2v) is 10.2. The molecule has 0 radical (unpaired) electrons. The lowest BCUT2D eigenvalue weighted by Gasteiger charge is -2.27. The fraction of sp³-hybridized carbons (Fsp3) is 0.364. The average molecular weight is 626 g/mol. The van der Waals surface area contributed by atoms with Crippen molar-refractivity contribution in [2.24, 2.45) is 0 Å². The van der Waals surface area contributed by atoms with E-state index in [2.05, 4.69) is 27.3 Å². The first-order valence-corrected chi connectivity index (χ1v) is 14.6. The van der Waals surface area contributed by atoms with E-state index in [-0.39, 0.29) is 37.8 Å². The Hall–Kier alpha value is -4.49. The third-order valence-electron chi connectivity index (χ3n) is 6.69. The number of phenols is 1. The molecular formula is C33H43N3O9. The second-order valence-electron chi connectivity index (χ2n) is 10.2. The van der Waals surface area contributed by atoms with Crippen LogP contribution >= 0.6 is 0 Å². The van der Waals surface area contributed by atoms with E-state index in [1.807, 2.05) is 37.1 Å². The van der Waals surface area contributed by atoms with E-state index < -0.39 is 18.2 Å². The van der Waals surface area contributed by atoms with E-state index in [0.29, 0.717) is 18.8 Å². The summed E-state index contributed by atoms with van der Waals surface area (Å²) in [5, 5.41) is 33.0. The molecule has 3 aromatic rings. The summed E-state index contributed by atoms with van der Waals surface area (Å²) in [6.07, 6.45) is 2.33. The van der Waals surface area contributed by atoms with Crippen LogP contribution in [0.1, 0.15) is 42.9 Å². The minimum atomic E-state index is -0.850. The summed E-state index contributed by atoms with van der Waals surface area (Å²) in [4.78, 5) is 44.8. The summed E-state index contributed by atoms with van der Waals surface area (Å²) in [6, 6.07) is 21.9. The van der Waals surface area contributed by atoms with Crippen molar-refractivity contribution in [1.82, 2.24) is 15.5 Å². The molecule has 0 saturated heterocycles. The summed E-state index contributed by atoms with van der Waals surface area (Å²) < 4.78 is 5.65. The van der Waals surface area contributed by atoms with Crippen LogP contribution in [0, 0.1) is 0 Å². The molecule has 0 aliphatic carbocycles. The highest BCUT2D eigenvalue weighted by atomic mass is 17.1. The van der Waals surface area contributed by atoms with Gasteiger partial charge in [-0.25, -0.2) is 14.6 Å². The number of aromatic hydroxyl groups is 1. The zero-order valence-corrected chi connectivity index (χ0v) is 25.5. The first-order chi connectivity index (χ1) is 21.9. The predicted octanol–water partition coefficient (Wildman–Crippen LogP) is 4.56. The van der Waals surface area contributed by atoms with Gasteiger partial charge in [0.25, 0.3) is 0 Å². The van der Waals surface area contributed by atoms with Crippen LogP contribution in [0.4, 0.5) is 4.79 Å². The number of nitrogens with zero attached hydrogens (tertiary/aromatic N) is 1. The van der Waals surface area contributed by atoms with E-state index in [9.17, 15) is 14.7 Å². The van der Waals surface area contributed by atoms with Gasteiger partial charge in [-0.2, -0.15) is 0 Å². The minimum absolute atomic E-state index is 0.137. The first kappa shape index (κ1) is 36.7. The fourth-order valence-electron chi connectivity index (χ4n) is 4.40. The van der Waals surface area contributed by atoms with Gasteiger partial charge in [-0.1, -0.05) is 74.4 Å². The first-order valence-electron chi connectivity index (χ1n) is 14.6. The maximum atomic E-state index is 13.7. The lowest BCUT2D eigenvalue weighted by Crippen LogP contribution is -2.52. The van der Waals surface area contributed by atoms with Gasteiger partial charge >= 0.3 is 6.03 Å². The Balaban J connectivity index is 0.00000345. The maximum Gasteiger partial charge on any atom is 0.318 e. The van der Waals surface area contributed by atoms with Gasteiger partial charge in [0.05, 0.1) is 0 Å². The molecule has 45 heavy (non-hydrogen) atoms. The highest BCUT2D eigenvalue weighted by Gasteiger charge is 2.25. The van der Waals surface area contributed by atoms with E-state index in [1.54, 1.807) is 53.4 Å². The summed E-state index contributed by atoms with van der Waals surface area (Å²) in [7, 11) is 0. The molecule has 12 heteroatoms. The van der Waals surface area contributed by atoms with Crippen molar-refractivity contribution in [2.75, 3.05) is 19.8 Å². The summed E-state index contributed by atoms with van der Waals surface area (Å²) in [5.74, 6) is 0.294. The molecule has 1 unspecified atom stereocenters. The Kier molecular flexibility index (Phi) is 17.3. The van der Waals surface area contributed by atoms with Gasteiger partial charge in [-0.05, 0) is 47.4 Å². The highest BCUT2D eigenvalue weighted by Crippen LogP contribution is 2.17. The lowest BCUT2D eigenvalue weighted by molar-refractivity contribution is -0.286. The normalized spacial score (nSPS) is 11.2. The van der Waals surface area contributed by atoms with Crippen LogP contribution < -0.4 is 15.4 Å². The van der Waals surface area contributed by atoms with Crippen molar-refractivity contribution < 1.29 is 44.5 Å². The van der Waals surface area contributed by atoms with Crippen molar-refractivity contribution in [3.8, 4) is 11.5 Å². The Morgan fingerprint density at radius 3 is 1.98 bits per heavy atom. The smallest absolute Gasteiger partial charge is 0.318 e. The van der Waals surface area contributed by atoms with Gasteiger partial charge in [-0.3, -0.25) is 15.3 Å². The third kappa shape index (κ3) is 13.8.